The van der Waals surface area contributed by atoms with Gasteiger partial charge in [-0.05, 0) is 6.92 Å². The molecule has 11 heavy (non-hydrogen) atoms. The molecule has 1 atom stereocenters. The van der Waals surface area contributed by atoms with Crippen LogP contribution in [0.3, 0.4) is 0 Å². The number of esters is 1. The van der Waals surface area contributed by atoms with E-state index in [1.807, 2.05) is 0 Å². The van der Waals surface area contributed by atoms with Crippen LogP contribution in [0.4, 0.5) is 0 Å². The molecule has 0 fully saturated rings. The molecule has 0 amide bonds. The van der Waals surface area contributed by atoms with Gasteiger partial charge in [0, 0.05) is 11.6 Å². The number of hydrogen-bond acceptors (Lipinski definition) is 3. The maximum atomic E-state index is 10.6. The molecular formula is C8H10O3. The van der Waals surface area contributed by atoms with Gasteiger partial charge in [0.25, 0.3) is 0 Å². The van der Waals surface area contributed by atoms with Crippen molar-refractivity contribution in [2.24, 2.45) is 0 Å². The molecule has 0 aromatic heterocycles. The van der Waals surface area contributed by atoms with Crippen molar-refractivity contribution >= 4 is 5.97 Å². The second-order valence-corrected chi connectivity index (χ2v) is 2.28. The predicted molar refractivity (Wildman–Crippen MR) is 39.8 cm³/mol. The van der Waals surface area contributed by atoms with Gasteiger partial charge in [-0.1, -0.05) is 6.08 Å². The smallest absolute Gasteiger partial charge is 0.333 e. The second-order valence-electron chi connectivity index (χ2n) is 2.28. The Morgan fingerprint density at radius 1 is 1.91 bits per heavy atom. The zero-order valence-electron chi connectivity index (χ0n) is 6.37. The Kier molecular flexibility index (Phi) is 2.44. The minimum absolute atomic E-state index is 0.337. The van der Waals surface area contributed by atoms with E-state index in [2.05, 4.69) is 6.58 Å². The van der Waals surface area contributed by atoms with Gasteiger partial charge in [0.05, 0.1) is 6.61 Å². The van der Waals surface area contributed by atoms with E-state index in [-0.39, 0.29) is 5.97 Å². The van der Waals surface area contributed by atoms with Crippen molar-refractivity contribution in [2.75, 3.05) is 6.61 Å². The van der Waals surface area contributed by atoms with Crippen molar-refractivity contribution in [2.45, 2.75) is 13.2 Å². The van der Waals surface area contributed by atoms with Gasteiger partial charge in [-0.25, -0.2) is 4.79 Å². The van der Waals surface area contributed by atoms with Crippen molar-refractivity contribution in [3.05, 3.63) is 24.3 Å². The SMILES string of the molecule is C=CCOC1OC(=O)C=C1C. The maximum Gasteiger partial charge on any atom is 0.333 e. The Balaban J connectivity index is 2.43. The Labute approximate surface area is 65.3 Å². The number of carbonyl (C=O) groups excluding carboxylic acids is 1. The Morgan fingerprint density at radius 2 is 2.64 bits per heavy atom. The lowest BCUT2D eigenvalue weighted by atomic mass is 10.3. The van der Waals surface area contributed by atoms with Crippen LogP contribution in [-0.2, 0) is 14.3 Å². The molecular weight excluding hydrogens is 144 g/mol. The zero-order valence-corrected chi connectivity index (χ0v) is 6.37. The summed E-state index contributed by atoms with van der Waals surface area (Å²) in [5, 5.41) is 0. The van der Waals surface area contributed by atoms with Crippen LogP contribution in [-0.4, -0.2) is 18.9 Å². The molecule has 1 unspecified atom stereocenters. The first-order chi connectivity index (χ1) is 5.24. The first-order valence-corrected chi connectivity index (χ1v) is 3.35. The molecule has 0 bridgehead atoms. The Hall–Kier alpha value is -1.09. The van der Waals surface area contributed by atoms with Crippen LogP contribution in [0.15, 0.2) is 24.3 Å². The summed E-state index contributed by atoms with van der Waals surface area (Å²) in [5.74, 6) is -0.337. The molecule has 1 heterocycles. The summed E-state index contributed by atoms with van der Waals surface area (Å²) >= 11 is 0. The van der Waals surface area contributed by atoms with E-state index in [9.17, 15) is 4.79 Å². The molecule has 1 aliphatic heterocycles. The summed E-state index contributed by atoms with van der Waals surface area (Å²) in [7, 11) is 0. The topological polar surface area (TPSA) is 35.5 Å². The van der Waals surface area contributed by atoms with Crippen LogP contribution >= 0.6 is 0 Å². The summed E-state index contributed by atoms with van der Waals surface area (Å²) in [6.07, 6.45) is 2.54. The van der Waals surface area contributed by atoms with Gasteiger partial charge in [-0.2, -0.15) is 0 Å². The monoisotopic (exact) mass is 154 g/mol. The van der Waals surface area contributed by atoms with E-state index in [0.29, 0.717) is 6.61 Å². The quantitative estimate of drug-likeness (QED) is 0.449. The van der Waals surface area contributed by atoms with Gasteiger partial charge >= 0.3 is 5.97 Å². The molecule has 0 aliphatic carbocycles. The lowest BCUT2D eigenvalue weighted by Gasteiger charge is -2.10. The number of ether oxygens (including phenoxy) is 2. The fraction of sp³-hybridized carbons (Fsp3) is 0.375. The van der Waals surface area contributed by atoms with Crippen LogP contribution in [0.5, 0.6) is 0 Å². The predicted octanol–water partition coefficient (Wildman–Crippen LogP) is 1.02. The number of cyclic esters (lactones) is 1. The number of hydrogen-bond donors (Lipinski definition) is 0. The van der Waals surface area contributed by atoms with E-state index in [1.165, 1.54) is 6.08 Å². The Bertz CT molecular complexity index is 205. The first-order valence-electron chi connectivity index (χ1n) is 3.35. The average molecular weight is 154 g/mol. The van der Waals surface area contributed by atoms with Crippen molar-refractivity contribution in [1.82, 2.24) is 0 Å². The molecule has 0 aromatic carbocycles. The van der Waals surface area contributed by atoms with Gasteiger partial charge in [0.15, 0.2) is 0 Å². The van der Waals surface area contributed by atoms with Gasteiger partial charge in [-0.3, -0.25) is 0 Å². The van der Waals surface area contributed by atoms with Crippen molar-refractivity contribution in [1.29, 1.82) is 0 Å². The summed E-state index contributed by atoms with van der Waals surface area (Å²) in [6, 6.07) is 0. The van der Waals surface area contributed by atoms with Gasteiger partial charge < -0.3 is 9.47 Å². The molecule has 1 rings (SSSR count). The molecule has 0 radical (unpaired) electrons. The third-order valence-electron chi connectivity index (χ3n) is 1.31. The third kappa shape index (κ3) is 1.91. The van der Waals surface area contributed by atoms with E-state index in [0.717, 1.165) is 5.57 Å². The number of carbonyl (C=O) groups is 1. The zero-order chi connectivity index (χ0) is 8.27. The van der Waals surface area contributed by atoms with Crippen LogP contribution in [0, 0.1) is 0 Å². The highest BCUT2D eigenvalue weighted by molar-refractivity contribution is 5.85. The van der Waals surface area contributed by atoms with E-state index in [4.69, 9.17) is 9.47 Å². The fourth-order valence-corrected chi connectivity index (χ4v) is 0.807. The first kappa shape index (κ1) is 8.01. The van der Waals surface area contributed by atoms with Gasteiger partial charge in [0.1, 0.15) is 0 Å². The molecule has 60 valence electrons. The summed E-state index contributed by atoms with van der Waals surface area (Å²) in [4.78, 5) is 10.6. The van der Waals surface area contributed by atoms with E-state index < -0.39 is 6.29 Å². The molecule has 0 N–H and O–H groups in total. The lowest BCUT2D eigenvalue weighted by Crippen LogP contribution is -2.14. The van der Waals surface area contributed by atoms with Gasteiger partial charge in [0.2, 0.25) is 6.29 Å². The van der Waals surface area contributed by atoms with Crippen LogP contribution in [0.1, 0.15) is 6.92 Å². The molecule has 3 heteroatoms. The Morgan fingerprint density at radius 3 is 3.09 bits per heavy atom. The van der Waals surface area contributed by atoms with Crippen molar-refractivity contribution < 1.29 is 14.3 Å². The average Bonchev–Trinajstić information content (AvgIpc) is 2.26. The van der Waals surface area contributed by atoms with Crippen LogP contribution in [0.25, 0.3) is 0 Å². The molecule has 0 spiro atoms. The van der Waals surface area contributed by atoms with E-state index in [1.54, 1.807) is 13.0 Å². The molecule has 1 aliphatic rings. The second kappa shape index (κ2) is 3.34. The molecule has 3 nitrogen and oxygen atoms in total. The molecule has 0 saturated carbocycles. The number of rotatable bonds is 3. The minimum Gasteiger partial charge on any atom is -0.428 e. The summed E-state index contributed by atoms with van der Waals surface area (Å²) in [6.45, 7) is 5.66. The molecule has 0 saturated heterocycles. The summed E-state index contributed by atoms with van der Waals surface area (Å²) < 4.78 is 9.88. The van der Waals surface area contributed by atoms with Crippen molar-refractivity contribution in [3.63, 3.8) is 0 Å². The molecule has 0 aromatic rings. The van der Waals surface area contributed by atoms with E-state index >= 15 is 0 Å². The van der Waals surface area contributed by atoms with Crippen LogP contribution < -0.4 is 0 Å². The van der Waals surface area contributed by atoms with Crippen molar-refractivity contribution in [3.8, 4) is 0 Å². The maximum absolute atomic E-state index is 10.6. The normalized spacial score (nSPS) is 22.8. The van der Waals surface area contributed by atoms with Gasteiger partial charge in [-0.15, -0.1) is 6.58 Å². The highest BCUT2D eigenvalue weighted by Crippen LogP contribution is 2.15. The highest BCUT2D eigenvalue weighted by Gasteiger charge is 2.22. The standard InChI is InChI=1S/C8H10O3/c1-3-4-10-8-6(2)5-7(9)11-8/h3,5,8H,1,4H2,2H3. The summed E-state index contributed by atoms with van der Waals surface area (Å²) in [5.41, 5.74) is 0.803. The fourth-order valence-electron chi connectivity index (χ4n) is 0.807. The van der Waals surface area contributed by atoms with Crippen LogP contribution in [0.2, 0.25) is 0 Å². The third-order valence-corrected chi connectivity index (χ3v) is 1.31. The largest absolute Gasteiger partial charge is 0.428 e. The lowest BCUT2D eigenvalue weighted by molar-refractivity contribution is -0.157. The minimum atomic E-state index is -0.500. The highest BCUT2D eigenvalue weighted by atomic mass is 16.7.